The predicted octanol–water partition coefficient (Wildman–Crippen LogP) is 1.58. The van der Waals surface area contributed by atoms with Gasteiger partial charge in [0.25, 0.3) is 0 Å². The number of hydrogen-bond donors (Lipinski definition) is 1. The number of hydrogen-bond acceptors (Lipinski definition) is 2. The Balaban J connectivity index is 1.77. The first-order valence-electron chi connectivity index (χ1n) is 5.08. The summed E-state index contributed by atoms with van der Waals surface area (Å²) in [7, 11) is 0. The number of carbonyl (C=O) groups is 1. The number of nitrogens with one attached hydrogen (secondary N) is 1. The molecule has 1 aliphatic rings. The van der Waals surface area contributed by atoms with E-state index < -0.39 is 9.75 Å². The van der Waals surface area contributed by atoms with Gasteiger partial charge in [0.15, 0.2) is 0 Å². The molecule has 1 aliphatic carbocycles. The third kappa shape index (κ3) is 2.04. The molecule has 16 heavy (non-hydrogen) atoms. The molecule has 88 valence electrons. The molecule has 0 aliphatic heterocycles. The summed E-state index contributed by atoms with van der Waals surface area (Å²) in [6.07, 6.45) is 5.77. The summed E-state index contributed by atoms with van der Waals surface area (Å²) in [6.45, 7) is 3.02. The molecule has 1 saturated carbocycles. The van der Waals surface area contributed by atoms with Gasteiger partial charge < -0.3 is 9.88 Å². The summed E-state index contributed by atoms with van der Waals surface area (Å²) in [6, 6.07) is 0. The predicted molar refractivity (Wildman–Crippen MR) is 62.4 cm³/mol. The Hall–Kier alpha value is -0.740. The number of aromatic nitrogens is 2. The van der Waals surface area contributed by atoms with Gasteiger partial charge in [0, 0.05) is 25.5 Å². The first kappa shape index (κ1) is 11.7. The number of amides is 1. The Kier molecular flexibility index (Phi) is 2.88. The summed E-state index contributed by atoms with van der Waals surface area (Å²) in [5.41, 5.74) is -0.634. The SMILES string of the molecule is C[C@]1(C(=O)NCCn2ccnc2)CC1(Cl)Cl. The Labute approximate surface area is 104 Å². The second-order valence-corrected chi connectivity index (χ2v) is 5.75. The minimum Gasteiger partial charge on any atom is -0.354 e. The lowest BCUT2D eigenvalue weighted by Gasteiger charge is -2.12. The number of nitrogens with zero attached hydrogens (tertiary/aromatic N) is 2. The molecule has 1 aromatic rings. The summed E-state index contributed by atoms with van der Waals surface area (Å²) in [5, 5.41) is 2.82. The zero-order valence-electron chi connectivity index (χ0n) is 8.91. The maximum atomic E-state index is 11.8. The van der Waals surface area contributed by atoms with E-state index in [0.717, 1.165) is 0 Å². The maximum absolute atomic E-state index is 11.8. The van der Waals surface area contributed by atoms with Crippen molar-refractivity contribution in [3.05, 3.63) is 18.7 Å². The van der Waals surface area contributed by atoms with Crippen LogP contribution in [0.2, 0.25) is 0 Å². The van der Waals surface area contributed by atoms with Gasteiger partial charge in [-0.2, -0.15) is 0 Å². The van der Waals surface area contributed by atoms with Crippen molar-refractivity contribution in [3.63, 3.8) is 0 Å². The molecule has 0 unspecified atom stereocenters. The van der Waals surface area contributed by atoms with Crippen LogP contribution in [0, 0.1) is 5.41 Å². The molecule has 6 heteroatoms. The molecular weight excluding hydrogens is 249 g/mol. The first-order chi connectivity index (χ1) is 7.46. The van der Waals surface area contributed by atoms with Crippen LogP contribution in [0.5, 0.6) is 0 Å². The highest BCUT2D eigenvalue weighted by atomic mass is 35.5. The molecule has 2 rings (SSSR count). The molecule has 1 heterocycles. The summed E-state index contributed by atoms with van der Waals surface area (Å²) in [5.74, 6) is -0.0855. The van der Waals surface area contributed by atoms with Crippen LogP contribution >= 0.6 is 23.2 Å². The van der Waals surface area contributed by atoms with Gasteiger partial charge in [0.1, 0.15) is 4.33 Å². The molecule has 0 bridgehead atoms. The topological polar surface area (TPSA) is 46.9 Å². The maximum Gasteiger partial charge on any atom is 0.229 e. The lowest BCUT2D eigenvalue weighted by Crippen LogP contribution is -2.35. The smallest absolute Gasteiger partial charge is 0.229 e. The normalized spacial score (nSPS) is 26.4. The number of rotatable bonds is 4. The number of alkyl halides is 2. The quantitative estimate of drug-likeness (QED) is 0.837. The Morgan fingerprint density at radius 3 is 2.81 bits per heavy atom. The first-order valence-corrected chi connectivity index (χ1v) is 5.83. The number of imidazole rings is 1. The van der Waals surface area contributed by atoms with Crippen LogP contribution in [0.4, 0.5) is 0 Å². The second kappa shape index (κ2) is 3.93. The zero-order valence-corrected chi connectivity index (χ0v) is 10.4. The standard InChI is InChI=1S/C10H13Cl2N3O/c1-9(6-10(9,11)12)8(16)14-3-5-15-4-2-13-7-15/h2,4,7H,3,5-6H2,1H3,(H,14,16)/t9-/m1/s1. The fourth-order valence-electron chi connectivity index (χ4n) is 1.56. The molecule has 0 aromatic carbocycles. The van der Waals surface area contributed by atoms with Crippen molar-refractivity contribution in [2.45, 2.75) is 24.2 Å². The largest absolute Gasteiger partial charge is 0.354 e. The third-order valence-electron chi connectivity index (χ3n) is 2.97. The minimum atomic E-state index is -0.897. The Bertz CT molecular complexity index is 391. The summed E-state index contributed by atoms with van der Waals surface area (Å²) >= 11 is 11.8. The van der Waals surface area contributed by atoms with Crippen molar-refractivity contribution in [2.75, 3.05) is 6.54 Å². The number of halogens is 2. The van der Waals surface area contributed by atoms with Gasteiger partial charge >= 0.3 is 0 Å². The Morgan fingerprint density at radius 1 is 1.62 bits per heavy atom. The molecule has 0 spiro atoms. The molecular formula is C10H13Cl2N3O. The molecule has 4 nitrogen and oxygen atoms in total. The van der Waals surface area contributed by atoms with Crippen LogP contribution in [0.25, 0.3) is 0 Å². The lowest BCUT2D eigenvalue weighted by atomic mass is 10.1. The highest BCUT2D eigenvalue weighted by Crippen LogP contribution is 2.63. The van der Waals surface area contributed by atoms with E-state index in [-0.39, 0.29) is 5.91 Å². The average molecular weight is 262 g/mol. The highest BCUT2D eigenvalue weighted by molar-refractivity contribution is 6.53. The van der Waals surface area contributed by atoms with Gasteiger partial charge in [-0.3, -0.25) is 4.79 Å². The van der Waals surface area contributed by atoms with E-state index in [0.29, 0.717) is 19.5 Å². The van der Waals surface area contributed by atoms with Crippen LogP contribution in [0.15, 0.2) is 18.7 Å². The van der Waals surface area contributed by atoms with Crippen LogP contribution in [0.1, 0.15) is 13.3 Å². The zero-order chi connectivity index (χ0) is 11.8. The highest BCUT2D eigenvalue weighted by Gasteiger charge is 2.67. The van der Waals surface area contributed by atoms with Crippen molar-refractivity contribution in [1.82, 2.24) is 14.9 Å². The second-order valence-electron chi connectivity index (χ2n) is 4.27. The van der Waals surface area contributed by atoms with E-state index in [1.165, 1.54) is 0 Å². The van der Waals surface area contributed by atoms with Crippen molar-refractivity contribution >= 4 is 29.1 Å². The molecule has 0 saturated heterocycles. The van der Waals surface area contributed by atoms with Gasteiger partial charge in [0.05, 0.1) is 11.7 Å². The fraction of sp³-hybridized carbons (Fsp3) is 0.600. The van der Waals surface area contributed by atoms with Crippen molar-refractivity contribution < 1.29 is 4.79 Å². The third-order valence-corrected chi connectivity index (χ3v) is 4.08. The molecule has 1 atom stereocenters. The van der Waals surface area contributed by atoms with E-state index in [1.54, 1.807) is 19.4 Å². The molecule has 1 aromatic heterocycles. The summed E-state index contributed by atoms with van der Waals surface area (Å²) < 4.78 is 0.996. The van der Waals surface area contributed by atoms with Gasteiger partial charge in [-0.1, -0.05) is 0 Å². The summed E-state index contributed by atoms with van der Waals surface area (Å²) in [4.78, 5) is 15.7. The average Bonchev–Trinajstić information content (AvgIpc) is 2.64. The lowest BCUT2D eigenvalue weighted by molar-refractivity contribution is -0.125. The van der Waals surface area contributed by atoms with Crippen molar-refractivity contribution in [1.29, 1.82) is 0 Å². The molecule has 0 radical (unpaired) electrons. The van der Waals surface area contributed by atoms with E-state index in [2.05, 4.69) is 10.3 Å². The van der Waals surface area contributed by atoms with E-state index in [4.69, 9.17) is 23.2 Å². The van der Waals surface area contributed by atoms with Gasteiger partial charge in [-0.15, -0.1) is 23.2 Å². The fourth-order valence-corrected chi connectivity index (χ4v) is 2.27. The van der Waals surface area contributed by atoms with Crippen LogP contribution in [-0.2, 0) is 11.3 Å². The van der Waals surface area contributed by atoms with E-state index >= 15 is 0 Å². The Morgan fingerprint density at radius 2 is 2.31 bits per heavy atom. The molecule has 1 N–H and O–H groups in total. The monoisotopic (exact) mass is 261 g/mol. The van der Waals surface area contributed by atoms with Crippen molar-refractivity contribution in [3.8, 4) is 0 Å². The minimum absolute atomic E-state index is 0.0855. The van der Waals surface area contributed by atoms with E-state index in [9.17, 15) is 4.79 Å². The van der Waals surface area contributed by atoms with Crippen molar-refractivity contribution in [2.24, 2.45) is 5.41 Å². The van der Waals surface area contributed by atoms with Crippen LogP contribution in [0.3, 0.4) is 0 Å². The van der Waals surface area contributed by atoms with E-state index in [1.807, 2.05) is 10.8 Å². The van der Waals surface area contributed by atoms with Gasteiger partial charge in [0.2, 0.25) is 5.91 Å². The van der Waals surface area contributed by atoms with Crippen LogP contribution in [-0.4, -0.2) is 26.3 Å². The van der Waals surface area contributed by atoms with Gasteiger partial charge in [-0.05, 0) is 13.3 Å². The molecule has 1 amide bonds. The van der Waals surface area contributed by atoms with Gasteiger partial charge in [-0.25, -0.2) is 4.98 Å². The number of carbonyl (C=O) groups excluding carboxylic acids is 1. The molecule has 1 fully saturated rings. The van der Waals surface area contributed by atoms with Crippen LogP contribution < -0.4 is 5.32 Å².